The highest BCUT2D eigenvalue weighted by molar-refractivity contribution is 6.31. The van der Waals surface area contributed by atoms with Crippen LogP contribution in [0.3, 0.4) is 0 Å². The fourth-order valence-corrected chi connectivity index (χ4v) is 2.83. The standard InChI is InChI=1S/C16H19ClN4O4/c1-24-13-3-2-10(17)8-11(13)18-15(23)12-9-14(22)20-16(19-12)21-4-6-25-7-5-21/h2-3,8,12H,4-7,9H2,1H3,(H,18,23)(H,19,20,22)/t12-/m1/s1. The number of halogens is 1. The second-order valence-corrected chi connectivity index (χ2v) is 6.09. The van der Waals surface area contributed by atoms with E-state index in [2.05, 4.69) is 15.6 Å². The topological polar surface area (TPSA) is 92.3 Å². The van der Waals surface area contributed by atoms with E-state index in [1.807, 2.05) is 4.90 Å². The summed E-state index contributed by atoms with van der Waals surface area (Å²) in [6.07, 6.45) is -0.0114. The number of rotatable bonds is 3. The first kappa shape index (κ1) is 17.5. The van der Waals surface area contributed by atoms with Gasteiger partial charge in [-0.25, -0.2) is 4.99 Å². The van der Waals surface area contributed by atoms with E-state index >= 15 is 0 Å². The minimum Gasteiger partial charge on any atom is -0.495 e. The number of carbonyl (C=O) groups excluding carboxylic acids is 2. The summed E-state index contributed by atoms with van der Waals surface area (Å²) in [5, 5.41) is 5.93. The Kier molecular flexibility index (Phi) is 5.40. The van der Waals surface area contributed by atoms with E-state index in [1.54, 1.807) is 18.2 Å². The average molecular weight is 367 g/mol. The van der Waals surface area contributed by atoms with Gasteiger partial charge < -0.3 is 19.7 Å². The van der Waals surface area contributed by atoms with Gasteiger partial charge in [0, 0.05) is 18.1 Å². The quantitative estimate of drug-likeness (QED) is 0.828. The Bertz CT molecular complexity index is 703. The van der Waals surface area contributed by atoms with Gasteiger partial charge in [0.05, 0.1) is 32.4 Å². The number of carbonyl (C=O) groups is 2. The van der Waals surface area contributed by atoms with Crippen molar-refractivity contribution >= 4 is 35.1 Å². The van der Waals surface area contributed by atoms with E-state index in [0.29, 0.717) is 48.7 Å². The normalized spacial score (nSPS) is 20.6. The summed E-state index contributed by atoms with van der Waals surface area (Å²) >= 11 is 5.97. The van der Waals surface area contributed by atoms with Gasteiger partial charge in [-0.3, -0.25) is 14.9 Å². The number of hydrogen-bond acceptors (Lipinski definition) is 6. The largest absolute Gasteiger partial charge is 0.495 e. The molecule has 9 heteroatoms. The van der Waals surface area contributed by atoms with Crippen LogP contribution in [0, 0.1) is 0 Å². The van der Waals surface area contributed by atoms with Crippen molar-refractivity contribution in [3.8, 4) is 5.75 Å². The molecular weight excluding hydrogens is 348 g/mol. The van der Waals surface area contributed by atoms with Gasteiger partial charge in [-0.2, -0.15) is 0 Å². The highest BCUT2D eigenvalue weighted by atomic mass is 35.5. The molecule has 0 aromatic heterocycles. The summed E-state index contributed by atoms with van der Waals surface area (Å²) in [7, 11) is 1.50. The molecule has 8 nitrogen and oxygen atoms in total. The van der Waals surface area contributed by atoms with Crippen molar-refractivity contribution in [1.82, 2.24) is 10.2 Å². The monoisotopic (exact) mass is 366 g/mol. The van der Waals surface area contributed by atoms with Crippen molar-refractivity contribution in [1.29, 1.82) is 0 Å². The third-order valence-electron chi connectivity index (χ3n) is 3.94. The van der Waals surface area contributed by atoms with E-state index in [4.69, 9.17) is 21.1 Å². The van der Waals surface area contributed by atoms with Crippen LogP contribution in [0.2, 0.25) is 5.02 Å². The lowest BCUT2D eigenvalue weighted by Crippen LogP contribution is -2.53. The van der Waals surface area contributed by atoms with Gasteiger partial charge in [-0.15, -0.1) is 0 Å². The summed E-state index contributed by atoms with van der Waals surface area (Å²) in [6.45, 7) is 2.36. The summed E-state index contributed by atoms with van der Waals surface area (Å²) in [5.74, 6) is 0.268. The van der Waals surface area contributed by atoms with Gasteiger partial charge in [-0.05, 0) is 18.2 Å². The lowest BCUT2D eigenvalue weighted by atomic mass is 10.1. The van der Waals surface area contributed by atoms with Crippen LogP contribution in [0.1, 0.15) is 6.42 Å². The summed E-state index contributed by atoms with van der Waals surface area (Å²) in [4.78, 5) is 30.9. The molecule has 2 heterocycles. The molecule has 0 saturated carbocycles. The highest BCUT2D eigenvalue weighted by Gasteiger charge is 2.30. The maximum Gasteiger partial charge on any atom is 0.249 e. The van der Waals surface area contributed by atoms with E-state index in [9.17, 15) is 9.59 Å². The molecule has 2 aliphatic rings. The van der Waals surface area contributed by atoms with Crippen molar-refractivity contribution in [3.63, 3.8) is 0 Å². The molecule has 1 fully saturated rings. The molecule has 0 bridgehead atoms. The van der Waals surface area contributed by atoms with Crippen molar-refractivity contribution in [2.24, 2.45) is 4.99 Å². The van der Waals surface area contributed by atoms with E-state index < -0.39 is 6.04 Å². The number of aliphatic imine (C=N–C) groups is 1. The molecule has 3 rings (SSSR count). The smallest absolute Gasteiger partial charge is 0.249 e. The third kappa shape index (κ3) is 4.21. The predicted molar refractivity (Wildman–Crippen MR) is 93.0 cm³/mol. The number of benzene rings is 1. The zero-order valence-corrected chi connectivity index (χ0v) is 14.5. The highest BCUT2D eigenvalue weighted by Crippen LogP contribution is 2.28. The maximum absolute atomic E-state index is 12.6. The number of methoxy groups -OCH3 is 1. The Labute approximate surface area is 150 Å². The molecule has 2 N–H and O–H groups in total. The summed E-state index contributed by atoms with van der Waals surface area (Å²) in [5.41, 5.74) is 0.439. The molecule has 1 atom stereocenters. The fraction of sp³-hybridized carbons (Fsp3) is 0.438. The number of nitrogens with zero attached hydrogens (tertiary/aromatic N) is 2. The van der Waals surface area contributed by atoms with E-state index in [1.165, 1.54) is 7.11 Å². The Balaban J connectivity index is 1.76. The number of amides is 2. The molecular formula is C16H19ClN4O4. The van der Waals surface area contributed by atoms with Crippen molar-refractivity contribution in [2.75, 3.05) is 38.7 Å². The predicted octanol–water partition coefficient (Wildman–Crippen LogP) is 0.864. The Morgan fingerprint density at radius 1 is 1.44 bits per heavy atom. The number of morpholine rings is 1. The van der Waals surface area contributed by atoms with Crippen molar-refractivity contribution in [3.05, 3.63) is 23.2 Å². The van der Waals surface area contributed by atoms with Crippen LogP contribution in [-0.2, 0) is 14.3 Å². The SMILES string of the molecule is COc1ccc(Cl)cc1NC(=O)[C@H]1CC(=O)NC(N2CCOCC2)=N1. The van der Waals surface area contributed by atoms with Gasteiger partial charge in [0.15, 0.2) is 0 Å². The lowest BCUT2D eigenvalue weighted by Gasteiger charge is -2.32. The Hall–Kier alpha value is -2.32. The van der Waals surface area contributed by atoms with Gasteiger partial charge in [0.1, 0.15) is 11.8 Å². The first-order valence-corrected chi connectivity index (χ1v) is 8.29. The second kappa shape index (κ2) is 7.71. The Morgan fingerprint density at radius 2 is 2.20 bits per heavy atom. The Morgan fingerprint density at radius 3 is 2.92 bits per heavy atom. The van der Waals surface area contributed by atoms with Gasteiger partial charge in [-0.1, -0.05) is 11.6 Å². The minimum atomic E-state index is -0.810. The number of nitrogens with one attached hydrogen (secondary N) is 2. The van der Waals surface area contributed by atoms with Crippen LogP contribution in [-0.4, -0.2) is 62.1 Å². The number of ether oxygens (including phenoxy) is 2. The van der Waals surface area contributed by atoms with Crippen LogP contribution < -0.4 is 15.4 Å². The lowest BCUT2D eigenvalue weighted by molar-refractivity contribution is -0.125. The molecule has 134 valence electrons. The maximum atomic E-state index is 12.6. The van der Waals surface area contributed by atoms with Gasteiger partial charge in [0.25, 0.3) is 0 Å². The molecule has 0 radical (unpaired) electrons. The van der Waals surface area contributed by atoms with E-state index in [-0.39, 0.29) is 18.2 Å². The molecule has 1 aromatic rings. The fourth-order valence-electron chi connectivity index (χ4n) is 2.66. The number of anilines is 1. The van der Waals surface area contributed by atoms with Gasteiger partial charge >= 0.3 is 0 Å². The molecule has 2 aliphatic heterocycles. The molecule has 25 heavy (non-hydrogen) atoms. The van der Waals surface area contributed by atoms with Crippen LogP contribution in [0.15, 0.2) is 23.2 Å². The molecule has 0 spiro atoms. The summed E-state index contributed by atoms with van der Waals surface area (Å²) < 4.78 is 10.5. The summed E-state index contributed by atoms with van der Waals surface area (Å²) in [6, 6.07) is 4.11. The molecule has 1 saturated heterocycles. The average Bonchev–Trinajstić information content (AvgIpc) is 2.62. The first-order valence-electron chi connectivity index (χ1n) is 7.91. The number of hydrogen-bond donors (Lipinski definition) is 2. The van der Waals surface area contributed by atoms with Gasteiger partial charge in [0.2, 0.25) is 17.8 Å². The first-order chi connectivity index (χ1) is 12.1. The minimum absolute atomic E-state index is 0.0114. The second-order valence-electron chi connectivity index (χ2n) is 5.65. The van der Waals surface area contributed by atoms with Crippen LogP contribution in [0.25, 0.3) is 0 Å². The van der Waals surface area contributed by atoms with E-state index in [0.717, 1.165) is 0 Å². The zero-order valence-electron chi connectivity index (χ0n) is 13.8. The van der Waals surface area contributed by atoms with Crippen LogP contribution in [0.4, 0.5) is 5.69 Å². The molecule has 0 aliphatic carbocycles. The third-order valence-corrected chi connectivity index (χ3v) is 4.18. The molecule has 0 unspecified atom stereocenters. The molecule has 1 aromatic carbocycles. The van der Waals surface area contributed by atoms with Crippen LogP contribution in [0.5, 0.6) is 5.75 Å². The van der Waals surface area contributed by atoms with Crippen LogP contribution >= 0.6 is 11.6 Å². The molecule has 2 amide bonds. The van der Waals surface area contributed by atoms with Crippen molar-refractivity contribution < 1.29 is 19.1 Å². The number of guanidine groups is 1. The van der Waals surface area contributed by atoms with Crippen molar-refractivity contribution in [2.45, 2.75) is 12.5 Å². The zero-order chi connectivity index (χ0) is 17.8.